The number of hydrogen-bond acceptors (Lipinski definition) is 5. The number of thiazole rings is 1. The fraction of sp³-hybridized carbons (Fsp3) is 0.105. The molecule has 124 valence electrons. The van der Waals surface area contributed by atoms with Crippen molar-refractivity contribution in [3.05, 3.63) is 64.6 Å². The molecule has 2 heterocycles. The van der Waals surface area contributed by atoms with Crippen molar-refractivity contribution in [2.45, 2.75) is 13.3 Å². The van der Waals surface area contributed by atoms with E-state index >= 15 is 0 Å². The smallest absolute Gasteiger partial charge is 0.230 e. The molecule has 1 N–H and O–H groups in total. The molecule has 2 aromatic carbocycles. The maximum atomic E-state index is 12.4. The third kappa shape index (κ3) is 3.29. The molecule has 0 aliphatic carbocycles. The van der Waals surface area contributed by atoms with Crippen molar-refractivity contribution < 1.29 is 9.32 Å². The molecule has 4 rings (SSSR count). The molecule has 0 radical (unpaired) electrons. The molecule has 4 aromatic rings. The van der Waals surface area contributed by atoms with Gasteiger partial charge in [0.15, 0.2) is 5.58 Å². The van der Waals surface area contributed by atoms with Crippen molar-refractivity contribution in [1.82, 2.24) is 10.1 Å². The van der Waals surface area contributed by atoms with Gasteiger partial charge in [-0.25, -0.2) is 4.98 Å². The number of carbonyl (C=O) groups is 1. The van der Waals surface area contributed by atoms with E-state index in [1.807, 2.05) is 60.8 Å². The van der Waals surface area contributed by atoms with Crippen LogP contribution in [-0.2, 0) is 11.2 Å². The molecular formula is C19H15N3O2S. The molecule has 2 aromatic heterocycles. The lowest BCUT2D eigenvalue weighted by atomic mass is 10.1. The average molecular weight is 349 g/mol. The molecule has 0 spiro atoms. The van der Waals surface area contributed by atoms with Gasteiger partial charge < -0.3 is 9.84 Å². The summed E-state index contributed by atoms with van der Waals surface area (Å²) in [5, 5.41) is 10.8. The van der Waals surface area contributed by atoms with E-state index < -0.39 is 0 Å². The van der Waals surface area contributed by atoms with E-state index in [1.54, 1.807) is 11.3 Å². The van der Waals surface area contributed by atoms with Gasteiger partial charge in [-0.3, -0.25) is 4.79 Å². The van der Waals surface area contributed by atoms with Gasteiger partial charge in [0.05, 0.1) is 17.1 Å². The first-order valence-corrected chi connectivity index (χ1v) is 8.73. The fourth-order valence-electron chi connectivity index (χ4n) is 2.68. The lowest BCUT2D eigenvalue weighted by Gasteiger charge is -2.06. The molecule has 0 unspecified atom stereocenters. The van der Waals surface area contributed by atoms with Gasteiger partial charge in [0, 0.05) is 22.0 Å². The van der Waals surface area contributed by atoms with Crippen molar-refractivity contribution in [1.29, 1.82) is 0 Å². The Labute approximate surface area is 148 Å². The molecule has 5 nitrogen and oxygen atoms in total. The van der Waals surface area contributed by atoms with E-state index in [-0.39, 0.29) is 12.3 Å². The first-order valence-electron chi connectivity index (χ1n) is 7.85. The Bertz CT molecular complexity index is 1050. The fourth-order valence-corrected chi connectivity index (χ4v) is 3.30. The minimum absolute atomic E-state index is 0.134. The highest BCUT2D eigenvalue weighted by Crippen LogP contribution is 2.24. The summed E-state index contributed by atoms with van der Waals surface area (Å²) in [6.07, 6.45) is 0.164. The molecule has 1 amide bonds. The Morgan fingerprint density at radius 2 is 2.08 bits per heavy atom. The van der Waals surface area contributed by atoms with Gasteiger partial charge in [0.1, 0.15) is 5.69 Å². The van der Waals surface area contributed by atoms with Crippen LogP contribution in [0.15, 0.2) is 58.4 Å². The number of aryl methyl sites for hydroxylation is 1. The monoisotopic (exact) mass is 349 g/mol. The number of benzene rings is 2. The average Bonchev–Trinajstić information content (AvgIpc) is 3.22. The summed E-state index contributed by atoms with van der Waals surface area (Å²) in [7, 11) is 0. The second kappa shape index (κ2) is 6.49. The molecular weight excluding hydrogens is 334 g/mol. The molecule has 0 bridgehead atoms. The van der Waals surface area contributed by atoms with Crippen molar-refractivity contribution in [3.8, 4) is 11.3 Å². The van der Waals surface area contributed by atoms with Crippen LogP contribution in [-0.4, -0.2) is 16.0 Å². The van der Waals surface area contributed by atoms with Crippen molar-refractivity contribution in [2.75, 3.05) is 5.32 Å². The lowest BCUT2D eigenvalue weighted by Crippen LogP contribution is -2.14. The van der Waals surface area contributed by atoms with Gasteiger partial charge in [-0.15, -0.1) is 11.3 Å². The number of hydrogen-bond donors (Lipinski definition) is 1. The predicted molar refractivity (Wildman–Crippen MR) is 98.6 cm³/mol. The maximum Gasteiger partial charge on any atom is 0.230 e. The summed E-state index contributed by atoms with van der Waals surface area (Å²) in [5.74, 6) is -0.134. The van der Waals surface area contributed by atoms with Crippen LogP contribution in [0, 0.1) is 6.92 Å². The van der Waals surface area contributed by atoms with E-state index in [0.717, 1.165) is 27.3 Å². The number of para-hydroxylation sites is 1. The van der Waals surface area contributed by atoms with E-state index in [1.165, 1.54) is 0 Å². The van der Waals surface area contributed by atoms with Crippen LogP contribution in [0.4, 0.5) is 5.69 Å². The van der Waals surface area contributed by atoms with Gasteiger partial charge in [-0.05, 0) is 31.2 Å². The number of nitrogens with zero attached hydrogens (tertiary/aromatic N) is 2. The highest BCUT2D eigenvalue weighted by atomic mass is 32.1. The van der Waals surface area contributed by atoms with Gasteiger partial charge >= 0.3 is 0 Å². The Hall–Kier alpha value is -2.99. The largest absolute Gasteiger partial charge is 0.356 e. The zero-order valence-corrected chi connectivity index (χ0v) is 14.3. The van der Waals surface area contributed by atoms with Gasteiger partial charge in [-0.2, -0.15) is 0 Å². The summed E-state index contributed by atoms with van der Waals surface area (Å²) in [5.41, 5.74) is 3.96. The zero-order chi connectivity index (χ0) is 17.2. The summed E-state index contributed by atoms with van der Waals surface area (Å²) >= 11 is 1.61. The molecule has 0 saturated heterocycles. The molecule has 0 fully saturated rings. The van der Waals surface area contributed by atoms with Crippen LogP contribution in [0.5, 0.6) is 0 Å². The van der Waals surface area contributed by atoms with Gasteiger partial charge in [0.2, 0.25) is 5.91 Å². The van der Waals surface area contributed by atoms with Crippen molar-refractivity contribution in [3.63, 3.8) is 0 Å². The number of amides is 1. The van der Waals surface area contributed by atoms with Crippen LogP contribution >= 0.6 is 11.3 Å². The van der Waals surface area contributed by atoms with Crippen LogP contribution in [0.1, 0.15) is 10.7 Å². The Morgan fingerprint density at radius 3 is 2.92 bits per heavy atom. The second-order valence-corrected chi connectivity index (χ2v) is 6.75. The lowest BCUT2D eigenvalue weighted by molar-refractivity contribution is -0.115. The highest BCUT2D eigenvalue weighted by molar-refractivity contribution is 7.09. The Balaban J connectivity index is 1.51. The summed E-state index contributed by atoms with van der Waals surface area (Å²) in [6, 6.07) is 15.2. The second-order valence-electron chi connectivity index (χ2n) is 5.68. The molecule has 6 heteroatoms. The van der Waals surface area contributed by atoms with E-state index in [9.17, 15) is 4.79 Å². The molecule has 25 heavy (non-hydrogen) atoms. The van der Waals surface area contributed by atoms with Crippen LogP contribution in [0.3, 0.4) is 0 Å². The topological polar surface area (TPSA) is 68.0 Å². The third-order valence-corrected chi connectivity index (χ3v) is 4.61. The third-order valence-electron chi connectivity index (χ3n) is 3.84. The first kappa shape index (κ1) is 15.5. The molecule has 0 aliphatic rings. The van der Waals surface area contributed by atoms with E-state index in [0.29, 0.717) is 11.3 Å². The van der Waals surface area contributed by atoms with E-state index in [4.69, 9.17) is 4.52 Å². The Morgan fingerprint density at radius 1 is 1.20 bits per heavy atom. The molecule has 0 aliphatic heterocycles. The van der Waals surface area contributed by atoms with Gasteiger partial charge in [0.25, 0.3) is 0 Å². The normalized spacial score (nSPS) is 10.9. The van der Waals surface area contributed by atoms with Crippen LogP contribution in [0.2, 0.25) is 0 Å². The SMILES string of the molecule is Cc1nc(-c2cccc(NC(=O)Cc3noc4ccccc34)c2)cs1. The highest BCUT2D eigenvalue weighted by Gasteiger charge is 2.12. The number of rotatable bonds is 4. The Kier molecular flexibility index (Phi) is 4.03. The standard InChI is InChI=1S/C19H15N3O2S/c1-12-20-17(11-25-12)13-5-4-6-14(9-13)21-19(23)10-16-15-7-2-3-8-18(15)24-22-16/h2-9,11H,10H2,1H3,(H,21,23). The minimum Gasteiger partial charge on any atom is -0.356 e. The number of fused-ring (bicyclic) bond motifs is 1. The summed E-state index contributed by atoms with van der Waals surface area (Å²) < 4.78 is 5.24. The number of carbonyl (C=O) groups excluding carboxylic acids is 1. The number of aromatic nitrogens is 2. The quantitative estimate of drug-likeness (QED) is 0.591. The van der Waals surface area contributed by atoms with Crippen LogP contribution < -0.4 is 5.32 Å². The molecule has 0 atom stereocenters. The van der Waals surface area contributed by atoms with Crippen LogP contribution in [0.25, 0.3) is 22.2 Å². The molecule has 0 saturated carbocycles. The van der Waals surface area contributed by atoms with E-state index in [2.05, 4.69) is 15.5 Å². The van der Waals surface area contributed by atoms with Gasteiger partial charge in [-0.1, -0.05) is 29.4 Å². The zero-order valence-electron chi connectivity index (χ0n) is 13.5. The minimum atomic E-state index is -0.134. The number of nitrogens with one attached hydrogen (secondary N) is 1. The van der Waals surface area contributed by atoms with Crippen molar-refractivity contribution in [2.24, 2.45) is 0 Å². The number of anilines is 1. The summed E-state index contributed by atoms with van der Waals surface area (Å²) in [4.78, 5) is 16.8. The van der Waals surface area contributed by atoms with Crippen molar-refractivity contribution >= 4 is 33.9 Å². The first-order chi connectivity index (χ1) is 12.2. The predicted octanol–water partition coefficient (Wildman–Crippen LogP) is 4.44. The maximum absolute atomic E-state index is 12.4. The summed E-state index contributed by atoms with van der Waals surface area (Å²) in [6.45, 7) is 1.97.